The summed E-state index contributed by atoms with van der Waals surface area (Å²) in [5.74, 6) is 0.0771. The minimum absolute atomic E-state index is 0.0771. The van der Waals surface area contributed by atoms with Crippen LogP contribution in [0.15, 0.2) is 41.7 Å². The average molecular weight is 405 g/mol. The molecule has 0 N–H and O–H groups in total. The second-order valence-electron chi connectivity index (χ2n) is 7.74. The van der Waals surface area contributed by atoms with Crippen molar-refractivity contribution in [2.75, 3.05) is 32.4 Å². The Balaban J connectivity index is 1.76. The van der Waals surface area contributed by atoms with E-state index in [2.05, 4.69) is 40.9 Å². The molecule has 2 heterocycles. The molecule has 1 aromatic heterocycles. The summed E-state index contributed by atoms with van der Waals surface area (Å²) in [7, 11) is -1.18. The standard InChI is InChI=1S/C21H32N4O2S/c1-4-28(26,27)21-22-15-20(17-24-14-13-23(3)18(2)16-24)25(21)12-8-11-19-9-6-5-7-10-19/h5-7,9-10,15,18H,4,8,11-14,16-17H2,1-3H3/t18-/m1/s1. The van der Waals surface area contributed by atoms with Crippen molar-refractivity contribution in [3.8, 4) is 0 Å². The van der Waals surface area contributed by atoms with Crippen LogP contribution in [-0.2, 0) is 29.3 Å². The van der Waals surface area contributed by atoms with Crippen molar-refractivity contribution in [2.45, 2.75) is 51.0 Å². The van der Waals surface area contributed by atoms with Crippen LogP contribution >= 0.6 is 0 Å². The number of benzene rings is 1. The summed E-state index contributed by atoms with van der Waals surface area (Å²) in [6.45, 7) is 8.34. The summed E-state index contributed by atoms with van der Waals surface area (Å²) in [5, 5.41) is 0.222. The number of imidazole rings is 1. The molecule has 1 fully saturated rings. The largest absolute Gasteiger partial charge is 0.318 e. The molecule has 6 nitrogen and oxygen atoms in total. The van der Waals surface area contributed by atoms with Crippen molar-refractivity contribution in [3.05, 3.63) is 47.8 Å². The van der Waals surface area contributed by atoms with Gasteiger partial charge in [0.15, 0.2) is 0 Å². The molecule has 0 unspecified atom stereocenters. The molecule has 0 amide bonds. The van der Waals surface area contributed by atoms with Crippen molar-refractivity contribution < 1.29 is 8.42 Å². The summed E-state index contributed by atoms with van der Waals surface area (Å²) in [6.07, 6.45) is 3.57. The molecule has 28 heavy (non-hydrogen) atoms. The van der Waals surface area contributed by atoms with Gasteiger partial charge in [0.25, 0.3) is 0 Å². The Labute approximate surface area is 169 Å². The Bertz CT molecular complexity index is 864. The van der Waals surface area contributed by atoms with Crippen LogP contribution in [0.25, 0.3) is 0 Å². The van der Waals surface area contributed by atoms with Crippen molar-refractivity contribution >= 4 is 9.84 Å². The third kappa shape index (κ3) is 5.01. The first-order valence-corrected chi connectivity index (χ1v) is 11.8. The highest BCUT2D eigenvalue weighted by Crippen LogP contribution is 2.18. The molecule has 0 aliphatic carbocycles. The topological polar surface area (TPSA) is 58.4 Å². The molecule has 0 bridgehead atoms. The Kier molecular flexibility index (Phi) is 6.91. The van der Waals surface area contributed by atoms with E-state index in [0.29, 0.717) is 12.6 Å². The van der Waals surface area contributed by atoms with Crippen LogP contribution in [0.3, 0.4) is 0 Å². The zero-order chi connectivity index (χ0) is 20.1. The van der Waals surface area contributed by atoms with Gasteiger partial charge in [-0.15, -0.1) is 0 Å². The van der Waals surface area contributed by atoms with Gasteiger partial charge in [0.05, 0.1) is 17.6 Å². The van der Waals surface area contributed by atoms with Gasteiger partial charge in [0, 0.05) is 38.8 Å². The number of aromatic nitrogens is 2. The number of likely N-dealkylation sites (N-methyl/N-ethyl adjacent to an activating group) is 1. The van der Waals surface area contributed by atoms with Gasteiger partial charge in [0.2, 0.25) is 15.0 Å². The third-order valence-electron chi connectivity index (χ3n) is 5.68. The molecule has 3 rings (SSSR count). The lowest BCUT2D eigenvalue weighted by atomic mass is 10.1. The highest BCUT2D eigenvalue weighted by Gasteiger charge is 2.25. The van der Waals surface area contributed by atoms with Crippen LogP contribution in [0.4, 0.5) is 0 Å². The van der Waals surface area contributed by atoms with Crippen molar-refractivity contribution in [2.24, 2.45) is 0 Å². The zero-order valence-corrected chi connectivity index (χ0v) is 18.0. The lowest BCUT2D eigenvalue weighted by Crippen LogP contribution is -2.49. The molecule has 0 radical (unpaired) electrons. The van der Waals surface area contributed by atoms with E-state index in [9.17, 15) is 8.42 Å². The summed E-state index contributed by atoms with van der Waals surface area (Å²) in [4.78, 5) is 9.08. The second kappa shape index (κ2) is 9.20. The van der Waals surface area contributed by atoms with Gasteiger partial charge in [0.1, 0.15) is 0 Å². The van der Waals surface area contributed by atoms with Crippen molar-refractivity contribution in [1.82, 2.24) is 19.4 Å². The zero-order valence-electron chi connectivity index (χ0n) is 17.2. The number of aryl methyl sites for hydroxylation is 1. The predicted molar refractivity (Wildman–Crippen MR) is 112 cm³/mol. The maximum absolute atomic E-state index is 12.6. The summed E-state index contributed by atoms with van der Waals surface area (Å²) < 4.78 is 27.0. The van der Waals surface area contributed by atoms with Gasteiger partial charge in [-0.25, -0.2) is 13.4 Å². The fourth-order valence-corrected chi connectivity index (χ4v) is 4.73. The smallest absolute Gasteiger partial charge is 0.227 e. The number of nitrogens with zero attached hydrogens (tertiary/aromatic N) is 4. The number of hydrogen-bond donors (Lipinski definition) is 0. The quantitative estimate of drug-likeness (QED) is 0.676. The van der Waals surface area contributed by atoms with Gasteiger partial charge < -0.3 is 9.47 Å². The lowest BCUT2D eigenvalue weighted by Gasteiger charge is -2.37. The average Bonchev–Trinajstić information content (AvgIpc) is 3.09. The fraction of sp³-hybridized carbons (Fsp3) is 0.571. The predicted octanol–water partition coefficient (Wildman–Crippen LogP) is 2.45. The fourth-order valence-electron chi connectivity index (χ4n) is 3.72. The number of rotatable bonds is 8. The van der Waals surface area contributed by atoms with E-state index in [-0.39, 0.29) is 10.9 Å². The van der Waals surface area contributed by atoms with Gasteiger partial charge >= 0.3 is 0 Å². The Morgan fingerprint density at radius 3 is 2.61 bits per heavy atom. The van der Waals surface area contributed by atoms with Gasteiger partial charge in [-0.1, -0.05) is 37.3 Å². The maximum atomic E-state index is 12.6. The van der Waals surface area contributed by atoms with Crippen LogP contribution in [0.1, 0.15) is 31.5 Å². The first kappa shape index (κ1) is 21.0. The van der Waals surface area contributed by atoms with Gasteiger partial charge in [-0.3, -0.25) is 4.90 Å². The monoisotopic (exact) mass is 404 g/mol. The van der Waals surface area contributed by atoms with Crippen LogP contribution in [0.2, 0.25) is 0 Å². The normalized spacial score (nSPS) is 19.2. The SMILES string of the molecule is CCS(=O)(=O)c1ncc(CN2CCN(C)[C@H](C)C2)n1CCCc1ccccc1. The number of sulfone groups is 1. The Hall–Kier alpha value is -1.70. The number of piperazine rings is 1. The van der Waals surface area contributed by atoms with E-state index in [1.807, 2.05) is 22.8 Å². The third-order valence-corrected chi connectivity index (χ3v) is 7.32. The van der Waals surface area contributed by atoms with Gasteiger partial charge in [-0.2, -0.15) is 0 Å². The second-order valence-corrected chi connectivity index (χ2v) is 9.91. The van der Waals surface area contributed by atoms with Gasteiger partial charge in [-0.05, 0) is 32.4 Å². The van der Waals surface area contributed by atoms with Crippen LogP contribution < -0.4 is 0 Å². The van der Waals surface area contributed by atoms with Crippen LogP contribution in [-0.4, -0.2) is 66.2 Å². The summed E-state index contributed by atoms with van der Waals surface area (Å²) in [6, 6.07) is 10.8. The first-order chi connectivity index (χ1) is 13.4. The molecule has 1 atom stereocenters. The molecular formula is C21H32N4O2S. The van der Waals surface area contributed by atoms with E-state index in [0.717, 1.165) is 44.7 Å². The highest BCUT2D eigenvalue weighted by molar-refractivity contribution is 7.91. The van der Waals surface area contributed by atoms with E-state index < -0.39 is 9.84 Å². The lowest BCUT2D eigenvalue weighted by molar-refractivity contribution is 0.0979. The molecule has 154 valence electrons. The molecule has 0 spiro atoms. The minimum Gasteiger partial charge on any atom is -0.318 e. The number of hydrogen-bond acceptors (Lipinski definition) is 5. The molecule has 1 aromatic carbocycles. The maximum Gasteiger partial charge on any atom is 0.227 e. The molecule has 2 aromatic rings. The molecule has 7 heteroatoms. The first-order valence-electron chi connectivity index (χ1n) is 10.1. The van der Waals surface area contributed by atoms with Crippen molar-refractivity contribution in [3.63, 3.8) is 0 Å². The molecule has 1 aliphatic heterocycles. The van der Waals surface area contributed by atoms with E-state index in [1.165, 1.54) is 5.56 Å². The molecule has 1 aliphatic rings. The van der Waals surface area contributed by atoms with E-state index in [4.69, 9.17) is 0 Å². The Morgan fingerprint density at radius 1 is 1.18 bits per heavy atom. The van der Waals surface area contributed by atoms with Crippen LogP contribution in [0, 0.1) is 0 Å². The minimum atomic E-state index is -3.34. The molecule has 0 saturated carbocycles. The molecule has 1 saturated heterocycles. The van der Waals surface area contributed by atoms with Crippen molar-refractivity contribution in [1.29, 1.82) is 0 Å². The summed E-state index contributed by atoms with van der Waals surface area (Å²) >= 11 is 0. The van der Waals surface area contributed by atoms with Crippen LogP contribution in [0.5, 0.6) is 0 Å². The summed E-state index contributed by atoms with van der Waals surface area (Å²) in [5.41, 5.74) is 2.27. The highest BCUT2D eigenvalue weighted by atomic mass is 32.2. The van der Waals surface area contributed by atoms with E-state index in [1.54, 1.807) is 13.1 Å². The Morgan fingerprint density at radius 2 is 1.93 bits per heavy atom. The molecular weight excluding hydrogens is 372 g/mol. The van der Waals surface area contributed by atoms with E-state index >= 15 is 0 Å².